The summed E-state index contributed by atoms with van der Waals surface area (Å²) >= 11 is 0. The van der Waals surface area contributed by atoms with Crippen molar-refractivity contribution in [1.29, 1.82) is 0 Å². The Kier molecular flexibility index (Phi) is 2.28. The molecule has 1 fully saturated rings. The summed E-state index contributed by atoms with van der Waals surface area (Å²) < 4.78 is 0. The number of likely N-dealkylation sites (tertiary alicyclic amines) is 1. The third-order valence-electron chi connectivity index (χ3n) is 3.44. The zero-order chi connectivity index (χ0) is 9.42. The highest BCUT2D eigenvalue weighted by atomic mass is 15.3. The highest BCUT2D eigenvalue weighted by Gasteiger charge is 2.35. The molecule has 0 aromatic rings. The Morgan fingerprint density at radius 2 is 2.31 bits per heavy atom. The SMILES string of the molecule is CC1=NCC2C(C)CCN(C)C2N1. The first-order valence-electron chi connectivity index (χ1n) is 5.16. The van der Waals surface area contributed by atoms with Crippen LogP contribution >= 0.6 is 0 Å². The van der Waals surface area contributed by atoms with Gasteiger partial charge in [0.05, 0.1) is 12.0 Å². The minimum atomic E-state index is 0.529. The van der Waals surface area contributed by atoms with E-state index in [1.54, 1.807) is 0 Å². The Balaban J connectivity index is 2.15. The van der Waals surface area contributed by atoms with Crippen molar-refractivity contribution in [3.8, 4) is 0 Å². The van der Waals surface area contributed by atoms with Gasteiger partial charge in [0.2, 0.25) is 0 Å². The van der Waals surface area contributed by atoms with Crippen LogP contribution in [-0.2, 0) is 0 Å². The molecule has 0 aromatic heterocycles. The molecule has 3 heteroatoms. The Labute approximate surface area is 80.2 Å². The summed E-state index contributed by atoms with van der Waals surface area (Å²) in [6.07, 6.45) is 1.84. The molecule has 13 heavy (non-hydrogen) atoms. The Morgan fingerprint density at radius 3 is 3.08 bits per heavy atom. The highest BCUT2D eigenvalue weighted by Crippen LogP contribution is 2.28. The van der Waals surface area contributed by atoms with Gasteiger partial charge >= 0.3 is 0 Å². The van der Waals surface area contributed by atoms with Crippen LogP contribution in [0.15, 0.2) is 4.99 Å². The molecule has 2 rings (SSSR count). The van der Waals surface area contributed by atoms with Crippen molar-refractivity contribution in [2.24, 2.45) is 16.8 Å². The normalized spacial score (nSPS) is 40.5. The smallest absolute Gasteiger partial charge is 0.0944 e. The van der Waals surface area contributed by atoms with Crippen molar-refractivity contribution < 1.29 is 0 Å². The standard InChI is InChI=1S/C10H19N3/c1-7-4-5-13(3)10-9(7)6-11-8(2)12-10/h7,9-10H,4-6H2,1-3H3,(H,11,12). The number of hydrogen-bond donors (Lipinski definition) is 1. The van der Waals surface area contributed by atoms with Gasteiger partial charge in [-0.1, -0.05) is 6.92 Å². The van der Waals surface area contributed by atoms with Crippen molar-refractivity contribution in [1.82, 2.24) is 10.2 Å². The van der Waals surface area contributed by atoms with Crippen LogP contribution in [0.2, 0.25) is 0 Å². The van der Waals surface area contributed by atoms with E-state index < -0.39 is 0 Å². The number of aliphatic imine (C=N–C) groups is 1. The first-order valence-corrected chi connectivity index (χ1v) is 5.16. The zero-order valence-corrected chi connectivity index (χ0v) is 8.75. The van der Waals surface area contributed by atoms with E-state index >= 15 is 0 Å². The van der Waals surface area contributed by atoms with Gasteiger partial charge in [0.15, 0.2) is 0 Å². The number of hydrogen-bond acceptors (Lipinski definition) is 3. The number of amidine groups is 1. The number of nitrogens with one attached hydrogen (secondary N) is 1. The van der Waals surface area contributed by atoms with Gasteiger partial charge in [0.1, 0.15) is 0 Å². The molecule has 2 aliphatic rings. The first kappa shape index (κ1) is 9.00. The highest BCUT2D eigenvalue weighted by molar-refractivity contribution is 5.80. The molecule has 2 heterocycles. The number of rotatable bonds is 0. The third-order valence-corrected chi connectivity index (χ3v) is 3.44. The molecule has 0 aliphatic carbocycles. The molecule has 0 aromatic carbocycles. The maximum Gasteiger partial charge on any atom is 0.0944 e. The summed E-state index contributed by atoms with van der Waals surface area (Å²) in [4.78, 5) is 6.90. The molecule has 3 atom stereocenters. The van der Waals surface area contributed by atoms with Crippen LogP contribution in [-0.4, -0.2) is 37.0 Å². The van der Waals surface area contributed by atoms with Crippen LogP contribution in [0.25, 0.3) is 0 Å². The van der Waals surface area contributed by atoms with Crippen LogP contribution in [0.1, 0.15) is 20.3 Å². The van der Waals surface area contributed by atoms with Crippen molar-refractivity contribution in [2.75, 3.05) is 20.1 Å². The molecule has 0 spiro atoms. The molecule has 0 saturated carbocycles. The summed E-state index contributed by atoms with van der Waals surface area (Å²) in [6, 6.07) is 0. The lowest BCUT2D eigenvalue weighted by atomic mass is 9.83. The fraction of sp³-hybridized carbons (Fsp3) is 0.900. The molecule has 1 N–H and O–H groups in total. The quantitative estimate of drug-likeness (QED) is 0.602. The van der Waals surface area contributed by atoms with Gasteiger partial charge in [-0.05, 0) is 26.3 Å². The van der Waals surface area contributed by atoms with Crippen LogP contribution in [0.5, 0.6) is 0 Å². The van der Waals surface area contributed by atoms with Crippen LogP contribution in [0.4, 0.5) is 0 Å². The van der Waals surface area contributed by atoms with Crippen molar-refractivity contribution in [2.45, 2.75) is 26.4 Å². The van der Waals surface area contributed by atoms with Crippen LogP contribution in [0, 0.1) is 11.8 Å². The van der Waals surface area contributed by atoms with Crippen molar-refractivity contribution >= 4 is 5.84 Å². The van der Waals surface area contributed by atoms with E-state index in [1.807, 2.05) is 0 Å². The zero-order valence-electron chi connectivity index (χ0n) is 8.75. The lowest BCUT2D eigenvalue weighted by Crippen LogP contribution is -2.58. The minimum absolute atomic E-state index is 0.529. The summed E-state index contributed by atoms with van der Waals surface area (Å²) in [5, 5.41) is 3.47. The van der Waals surface area contributed by atoms with E-state index in [4.69, 9.17) is 0 Å². The summed E-state index contributed by atoms with van der Waals surface area (Å²) in [7, 11) is 2.20. The average Bonchev–Trinajstić information content (AvgIpc) is 2.12. The Hall–Kier alpha value is -0.570. The van der Waals surface area contributed by atoms with Gasteiger partial charge in [0, 0.05) is 19.0 Å². The van der Waals surface area contributed by atoms with Gasteiger partial charge in [-0.25, -0.2) is 0 Å². The van der Waals surface area contributed by atoms with Gasteiger partial charge in [0.25, 0.3) is 0 Å². The van der Waals surface area contributed by atoms with E-state index in [1.165, 1.54) is 13.0 Å². The molecule has 1 saturated heterocycles. The largest absolute Gasteiger partial charge is 0.358 e. The molecule has 0 amide bonds. The fourth-order valence-electron chi connectivity index (χ4n) is 2.40. The van der Waals surface area contributed by atoms with Gasteiger partial charge in [-0.2, -0.15) is 0 Å². The Bertz CT molecular complexity index is 224. The summed E-state index contributed by atoms with van der Waals surface area (Å²) in [5.74, 6) is 2.62. The third kappa shape index (κ3) is 1.57. The molecule has 74 valence electrons. The van der Waals surface area contributed by atoms with Gasteiger partial charge < -0.3 is 5.32 Å². The number of piperidine rings is 1. The maximum absolute atomic E-state index is 4.48. The Morgan fingerprint density at radius 1 is 1.54 bits per heavy atom. The lowest BCUT2D eigenvalue weighted by Gasteiger charge is -2.45. The van der Waals surface area contributed by atoms with Crippen molar-refractivity contribution in [3.63, 3.8) is 0 Å². The first-order chi connectivity index (χ1) is 6.18. The second-order valence-electron chi connectivity index (χ2n) is 4.43. The van der Waals surface area contributed by atoms with Crippen LogP contribution in [0.3, 0.4) is 0 Å². The van der Waals surface area contributed by atoms with Crippen molar-refractivity contribution in [3.05, 3.63) is 0 Å². The molecule has 3 unspecified atom stereocenters. The van der Waals surface area contributed by atoms with Gasteiger partial charge in [-0.3, -0.25) is 9.89 Å². The van der Waals surface area contributed by atoms with E-state index in [9.17, 15) is 0 Å². The second kappa shape index (κ2) is 3.29. The average molecular weight is 181 g/mol. The minimum Gasteiger partial charge on any atom is -0.358 e. The molecule has 0 bridgehead atoms. The van der Waals surface area contributed by atoms with Crippen LogP contribution < -0.4 is 5.32 Å². The van der Waals surface area contributed by atoms with Gasteiger partial charge in [-0.15, -0.1) is 0 Å². The summed E-state index contributed by atoms with van der Waals surface area (Å²) in [5.41, 5.74) is 0. The molecule has 3 nitrogen and oxygen atoms in total. The molecule has 2 aliphatic heterocycles. The molecule has 0 radical (unpaired) electrons. The van der Waals surface area contributed by atoms with E-state index in [2.05, 4.69) is 36.1 Å². The summed E-state index contributed by atoms with van der Waals surface area (Å²) in [6.45, 7) is 6.63. The number of nitrogens with zero attached hydrogens (tertiary/aromatic N) is 2. The monoisotopic (exact) mass is 181 g/mol. The lowest BCUT2D eigenvalue weighted by molar-refractivity contribution is 0.0662. The topological polar surface area (TPSA) is 27.6 Å². The second-order valence-corrected chi connectivity index (χ2v) is 4.43. The van der Waals surface area contributed by atoms with E-state index in [0.29, 0.717) is 12.1 Å². The maximum atomic E-state index is 4.48. The molecular formula is C10H19N3. The predicted molar refractivity (Wildman–Crippen MR) is 54.8 cm³/mol. The van der Waals surface area contributed by atoms with E-state index in [0.717, 1.165) is 18.3 Å². The van der Waals surface area contributed by atoms with E-state index in [-0.39, 0.29) is 0 Å². The number of fused-ring (bicyclic) bond motifs is 1. The molecular weight excluding hydrogens is 162 g/mol. The fourth-order valence-corrected chi connectivity index (χ4v) is 2.40. The predicted octanol–water partition coefficient (Wildman–Crippen LogP) is 0.922.